The van der Waals surface area contributed by atoms with Gasteiger partial charge >= 0.3 is 0 Å². The van der Waals surface area contributed by atoms with Gasteiger partial charge in [-0.25, -0.2) is 0 Å². The largest absolute Gasteiger partial charge is 0.504 e. The predicted octanol–water partition coefficient (Wildman–Crippen LogP) is 0.966. The second-order valence-electron chi connectivity index (χ2n) is 5.94. The quantitative estimate of drug-likeness (QED) is 0.392. The minimum atomic E-state index is -0.925. The Hall–Kier alpha value is -3.08. The summed E-state index contributed by atoms with van der Waals surface area (Å²) in [5.74, 6) is 0.908. The minimum absolute atomic E-state index is 0.103. The Morgan fingerprint density at radius 3 is 2.56 bits per heavy atom. The Bertz CT molecular complexity index is 733. The first-order chi connectivity index (χ1) is 11.8. The highest BCUT2D eigenvalue weighted by molar-refractivity contribution is 5.86. The number of aromatic hydroxyl groups is 2. The zero-order chi connectivity index (χ0) is 18.4. The van der Waals surface area contributed by atoms with Gasteiger partial charge in [-0.05, 0) is 17.7 Å². The Labute approximate surface area is 145 Å². The van der Waals surface area contributed by atoms with Crippen molar-refractivity contribution in [1.82, 2.24) is 5.32 Å². The molecular formula is C17H20N4O4. The molecule has 0 saturated heterocycles. The average molecular weight is 344 g/mol. The summed E-state index contributed by atoms with van der Waals surface area (Å²) >= 11 is 0. The predicted molar refractivity (Wildman–Crippen MR) is 89.5 cm³/mol. The molecule has 132 valence electrons. The van der Waals surface area contributed by atoms with E-state index < -0.39 is 17.6 Å². The van der Waals surface area contributed by atoms with E-state index in [1.807, 2.05) is 0 Å². The van der Waals surface area contributed by atoms with Gasteiger partial charge in [-0.3, -0.25) is 9.59 Å². The number of amides is 2. The SMILES string of the molecule is C#CCCC1(CCC(=O)N[C@@H](Cc2ccc(O)c(O)c2)C(N)=O)N=N1. The number of rotatable bonds is 9. The average Bonchev–Trinajstić information content (AvgIpc) is 3.34. The molecule has 0 saturated carbocycles. The number of phenols is 2. The Balaban J connectivity index is 1.88. The molecule has 2 rings (SSSR count). The van der Waals surface area contributed by atoms with Crippen LogP contribution in [0.1, 0.15) is 31.2 Å². The number of nitrogens with one attached hydrogen (secondary N) is 1. The molecule has 1 aliphatic heterocycles. The molecule has 0 aromatic heterocycles. The molecule has 0 unspecified atom stereocenters. The molecule has 25 heavy (non-hydrogen) atoms. The van der Waals surface area contributed by atoms with Gasteiger partial charge < -0.3 is 21.3 Å². The molecule has 1 aromatic rings. The number of benzene rings is 1. The molecule has 0 bridgehead atoms. The van der Waals surface area contributed by atoms with Crippen molar-refractivity contribution in [3.05, 3.63) is 23.8 Å². The van der Waals surface area contributed by atoms with Crippen LogP contribution < -0.4 is 11.1 Å². The molecule has 2 amide bonds. The first-order valence-electron chi connectivity index (χ1n) is 7.82. The van der Waals surface area contributed by atoms with Crippen LogP contribution >= 0.6 is 0 Å². The number of hydrogen-bond acceptors (Lipinski definition) is 6. The molecule has 0 aliphatic carbocycles. The summed E-state index contributed by atoms with van der Waals surface area (Å²) in [5, 5.41) is 29.3. The maximum Gasteiger partial charge on any atom is 0.240 e. The van der Waals surface area contributed by atoms with Crippen LogP contribution in [0.2, 0.25) is 0 Å². The van der Waals surface area contributed by atoms with E-state index in [1.165, 1.54) is 18.2 Å². The lowest BCUT2D eigenvalue weighted by molar-refractivity contribution is -0.127. The molecule has 1 aromatic carbocycles. The Kier molecular flexibility index (Phi) is 5.60. The summed E-state index contributed by atoms with van der Waals surface area (Å²) in [5.41, 5.74) is 5.33. The highest BCUT2D eigenvalue weighted by Crippen LogP contribution is 2.37. The van der Waals surface area contributed by atoms with E-state index in [1.54, 1.807) is 0 Å². The number of nitrogens with two attached hydrogens (primary N) is 1. The molecule has 5 N–H and O–H groups in total. The summed E-state index contributed by atoms with van der Waals surface area (Å²) in [6.07, 6.45) is 7.01. The van der Waals surface area contributed by atoms with Crippen LogP contribution in [-0.4, -0.2) is 33.7 Å². The molecule has 0 fully saturated rings. The van der Waals surface area contributed by atoms with Crippen LogP contribution in [0.5, 0.6) is 11.5 Å². The molecular weight excluding hydrogens is 324 g/mol. The van der Waals surface area contributed by atoms with Crippen molar-refractivity contribution in [2.45, 2.75) is 43.8 Å². The second kappa shape index (κ2) is 7.66. The minimum Gasteiger partial charge on any atom is -0.504 e. The molecule has 1 heterocycles. The van der Waals surface area contributed by atoms with Crippen LogP contribution in [0.15, 0.2) is 28.4 Å². The number of primary amides is 1. The number of hydrogen-bond donors (Lipinski definition) is 4. The van der Waals surface area contributed by atoms with Crippen molar-refractivity contribution in [3.8, 4) is 23.8 Å². The van der Waals surface area contributed by atoms with Gasteiger partial charge in [0.2, 0.25) is 11.8 Å². The molecule has 8 nitrogen and oxygen atoms in total. The Morgan fingerprint density at radius 1 is 1.28 bits per heavy atom. The van der Waals surface area contributed by atoms with Gasteiger partial charge in [0.1, 0.15) is 6.04 Å². The molecule has 0 spiro atoms. The van der Waals surface area contributed by atoms with E-state index >= 15 is 0 Å². The fraction of sp³-hybridized carbons (Fsp3) is 0.412. The van der Waals surface area contributed by atoms with Gasteiger partial charge in [0, 0.05) is 32.1 Å². The van der Waals surface area contributed by atoms with Crippen molar-refractivity contribution in [2.75, 3.05) is 0 Å². The lowest BCUT2D eigenvalue weighted by Crippen LogP contribution is -2.46. The number of carbonyl (C=O) groups excluding carboxylic acids is 2. The maximum atomic E-state index is 12.1. The summed E-state index contributed by atoms with van der Waals surface area (Å²) < 4.78 is 0. The summed E-state index contributed by atoms with van der Waals surface area (Å²) in [7, 11) is 0. The molecule has 1 aliphatic rings. The third kappa shape index (κ3) is 5.21. The van der Waals surface area contributed by atoms with Gasteiger partial charge in [0.25, 0.3) is 0 Å². The van der Waals surface area contributed by atoms with Crippen LogP contribution in [0.25, 0.3) is 0 Å². The fourth-order valence-electron chi connectivity index (χ4n) is 2.40. The van der Waals surface area contributed by atoms with E-state index in [0.717, 1.165) is 0 Å². The van der Waals surface area contributed by atoms with Crippen LogP contribution in [0, 0.1) is 12.3 Å². The summed E-state index contributed by atoms with van der Waals surface area (Å²) in [6.45, 7) is 0. The van der Waals surface area contributed by atoms with Crippen molar-refractivity contribution >= 4 is 11.8 Å². The third-order valence-corrected chi connectivity index (χ3v) is 3.96. The van der Waals surface area contributed by atoms with Crippen LogP contribution in [0.3, 0.4) is 0 Å². The smallest absolute Gasteiger partial charge is 0.240 e. The zero-order valence-corrected chi connectivity index (χ0v) is 13.6. The van der Waals surface area contributed by atoms with Crippen molar-refractivity contribution in [2.24, 2.45) is 16.0 Å². The lowest BCUT2D eigenvalue weighted by atomic mass is 10.0. The van der Waals surface area contributed by atoms with E-state index in [4.69, 9.17) is 12.2 Å². The van der Waals surface area contributed by atoms with Crippen molar-refractivity contribution in [1.29, 1.82) is 0 Å². The summed E-state index contributed by atoms with van der Waals surface area (Å²) in [4.78, 5) is 23.7. The number of carbonyl (C=O) groups is 2. The Morgan fingerprint density at radius 2 is 2.00 bits per heavy atom. The molecule has 0 radical (unpaired) electrons. The third-order valence-electron chi connectivity index (χ3n) is 3.96. The van der Waals surface area contributed by atoms with Gasteiger partial charge in [-0.15, -0.1) is 12.3 Å². The second-order valence-corrected chi connectivity index (χ2v) is 5.94. The lowest BCUT2D eigenvalue weighted by Gasteiger charge is -2.16. The van der Waals surface area contributed by atoms with E-state index in [2.05, 4.69) is 21.5 Å². The number of terminal acetylenes is 1. The monoisotopic (exact) mass is 344 g/mol. The first-order valence-corrected chi connectivity index (χ1v) is 7.82. The standard InChI is InChI=1S/C17H20N4O4/c1-2-3-7-17(20-21-17)8-6-15(24)19-12(16(18)25)9-11-4-5-13(22)14(23)10-11/h1,4-5,10,12,22-23H,3,6-9H2,(H2,18,25)(H,19,24)/t12-/m0/s1. The normalized spacial score (nSPS) is 15.2. The zero-order valence-electron chi connectivity index (χ0n) is 13.6. The first kappa shape index (κ1) is 18.3. The topological polar surface area (TPSA) is 137 Å². The van der Waals surface area contributed by atoms with Gasteiger partial charge in [-0.2, -0.15) is 10.2 Å². The number of nitrogens with zero attached hydrogens (tertiary/aromatic N) is 2. The van der Waals surface area contributed by atoms with E-state index in [-0.39, 0.29) is 30.2 Å². The maximum absolute atomic E-state index is 12.1. The van der Waals surface area contributed by atoms with E-state index in [0.29, 0.717) is 24.8 Å². The highest BCUT2D eigenvalue weighted by Gasteiger charge is 2.39. The van der Waals surface area contributed by atoms with Gasteiger partial charge in [0.15, 0.2) is 17.2 Å². The van der Waals surface area contributed by atoms with Gasteiger partial charge in [0.05, 0.1) is 0 Å². The van der Waals surface area contributed by atoms with Crippen molar-refractivity contribution < 1.29 is 19.8 Å². The van der Waals surface area contributed by atoms with Gasteiger partial charge in [-0.1, -0.05) is 6.07 Å². The number of phenolic OH excluding ortho intramolecular Hbond substituents is 2. The molecule has 1 atom stereocenters. The van der Waals surface area contributed by atoms with E-state index in [9.17, 15) is 19.8 Å². The van der Waals surface area contributed by atoms with Crippen LogP contribution in [0.4, 0.5) is 0 Å². The molecule has 8 heteroatoms. The van der Waals surface area contributed by atoms with Crippen LogP contribution in [-0.2, 0) is 16.0 Å². The van der Waals surface area contributed by atoms with Crippen molar-refractivity contribution in [3.63, 3.8) is 0 Å². The fourth-order valence-corrected chi connectivity index (χ4v) is 2.40. The highest BCUT2D eigenvalue weighted by atomic mass is 16.3. The summed E-state index contributed by atoms with van der Waals surface area (Å²) in [6, 6.07) is 3.23.